The Morgan fingerprint density at radius 2 is 1.65 bits per heavy atom. The largest absolute Gasteiger partial charge is 0.379 e. The first-order valence-electron chi connectivity index (χ1n) is 20.5. The Kier molecular flexibility index (Phi) is 15.7. The van der Waals surface area contributed by atoms with Gasteiger partial charge in [-0.3, -0.25) is 9.59 Å². The van der Waals surface area contributed by atoms with Crippen molar-refractivity contribution < 1.29 is 33.3 Å². The third-order valence-electron chi connectivity index (χ3n) is 10.7. The number of Topliss-reactive ketones (excluding diaryl/α,β-unsaturated/α-hetero) is 1. The number of fused-ring (bicyclic) bond motifs is 2. The van der Waals surface area contributed by atoms with E-state index >= 15 is 0 Å². The second kappa shape index (κ2) is 21.5. The molecule has 1 atom stereocenters. The molecule has 0 spiro atoms. The highest BCUT2D eigenvalue weighted by Crippen LogP contribution is 2.40. The molecule has 3 aliphatic heterocycles. The number of hydrogen-bond donors (Lipinski definition) is 1. The number of carbonyl (C=O) groups is 3. The highest BCUT2D eigenvalue weighted by Gasteiger charge is 2.45. The van der Waals surface area contributed by atoms with Crippen LogP contribution >= 0.6 is 0 Å². The van der Waals surface area contributed by atoms with Gasteiger partial charge in [-0.1, -0.05) is 6.07 Å². The summed E-state index contributed by atoms with van der Waals surface area (Å²) in [4.78, 5) is 64.5. The van der Waals surface area contributed by atoms with E-state index in [2.05, 4.69) is 27.2 Å². The fourth-order valence-electron chi connectivity index (χ4n) is 7.40. The number of amides is 3. The summed E-state index contributed by atoms with van der Waals surface area (Å²) in [5, 5.41) is 12.4. The lowest BCUT2D eigenvalue weighted by molar-refractivity contribution is -0.121. The van der Waals surface area contributed by atoms with Crippen molar-refractivity contribution in [3.05, 3.63) is 59.7 Å². The normalized spacial score (nSPS) is 16.8. The summed E-state index contributed by atoms with van der Waals surface area (Å²) in [5.41, 5.74) is 2.05. The number of ether oxygens (including phenoxy) is 4. The number of piperazine rings is 1. The molecule has 0 unspecified atom stereocenters. The van der Waals surface area contributed by atoms with Gasteiger partial charge in [-0.15, -0.1) is 12.3 Å². The lowest BCUT2D eigenvalue weighted by atomic mass is 9.97. The predicted molar refractivity (Wildman–Crippen MR) is 222 cm³/mol. The number of unbranched alkanes of at least 4 members (excludes halogenated alkanes) is 1. The van der Waals surface area contributed by atoms with E-state index in [9.17, 15) is 19.6 Å². The van der Waals surface area contributed by atoms with E-state index in [0.717, 1.165) is 12.0 Å². The van der Waals surface area contributed by atoms with E-state index in [1.165, 1.54) is 0 Å². The van der Waals surface area contributed by atoms with Gasteiger partial charge in [0.1, 0.15) is 17.6 Å². The zero-order valence-corrected chi connectivity index (χ0v) is 34.5. The molecule has 1 N–H and O–H groups in total. The first-order valence-corrected chi connectivity index (χ1v) is 20.5. The molecule has 0 saturated carbocycles. The Labute approximate surface area is 351 Å². The van der Waals surface area contributed by atoms with Gasteiger partial charge in [-0.05, 0) is 44.9 Å². The standard InChI is InChI=1S/C43H54N10O7/c1-4-5-6-10-38(54)46-14-19-58-21-23-60-25-24-59-22-20-57-18-8-15-51-31-34-30-50(16-17-52(34)42(51)56)41-47-27-33(28-48-41)36-12-11-35-39(55)43(2,3)53(40(35)49-36)29-32-9-7-13-45-37(32)26-44/h1,7,9,11-13,27-28,34H,5-6,8,10,14-25,29-31H2,2-3H3,(H,46,54)/t34-/m0/s1. The number of nitrogens with one attached hydrogen (secondary N) is 1. The van der Waals surface area contributed by atoms with Crippen molar-refractivity contribution in [2.45, 2.75) is 57.7 Å². The highest BCUT2D eigenvalue weighted by atomic mass is 16.6. The van der Waals surface area contributed by atoms with Gasteiger partial charge in [0.2, 0.25) is 11.9 Å². The minimum Gasteiger partial charge on any atom is -0.379 e. The number of terminal acetylenes is 1. The summed E-state index contributed by atoms with van der Waals surface area (Å²) in [6, 6.07) is 9.46. The third-order valence-corrected chi connectivity index (χ3v) is 10.7. The van der Waals surface area contributed by atoms with Crippen molar-refractivity contribution in [3.8, 4) is 29.7 Å². The van der Waals surface area contributed by atoms with Gasteiger partial charge in [-0.2, -0.15) is 5.26 Å². The smallest absolute Gasteiger partial charge is 0.320 e. The molecule has 17 nitrogen and oxygen atoms in total. The molecular weight excluding hydrogens is 769 g/mol. The molecular formula is C43H54N10O7. The van der Waals surface area contributed by atoms with Crippen molar-refractivity contribution in [1.29, 1.82) is 5.26 Å². The molecule has 3 aliphatic rings. The summed E-state index contributed by atoms with van der Waals surface area (Å²) in [6.45, 7) is 11.2. The average Bonchev–Trinajstić information content (AvgIpc) is 3.67. The van der Waals surface area contributed by atoms with Crippen molar-refractivity contribution in [2.24, 2.45) is 0 Å². The van der Waals surface area contributed by atoms with Gasteiger partial charge in [0, 0.05) is 95.0 Å². The van der Waals surface area contributed by atoms with Crippen LogP contribution in [0.2, 0.25) is 0 Å². The van der Waals surface area contributed by atoms with Crippen LogP contribution in [0.4, 0.5) is 16.6 Å². The molecule has 0 aliphatic carbocycles. The summed E-state index contributed by atoms with van der Waals surface area (Å²) in [7, 11) is 0. The molecule has 0 radical (unpaired) electrons. The minimum absolute atomic E-state index is 0.0178. The molecule has 3 aromatic heterocycles. The van der Waals surface area contributed by atoms with Crippen molar-refractivity contribution in [2.75, 3.05) is 102 Å². The Morgan fingerprint density at radius 1 is 0.933 bits per heavy atom. The van der Waals surface area contributed by atoms with Crippen LogP contribution in [-0.2, 0) is 30.3 Å². The van der Waals surface area contributed by atoms with E-state index in [4.69, 9.17) is 40.3 Å². The molecule has 60 heavy (non-hydrogen) atoms. The van der Waals surface area contributed by atoms with Crippen molar-refractivity contribution >= 4 is 29.5 Å². The second-order valence-electron chi connectivity index (χ2n) is 15.2. The summed E-state index contributed by atoms with van der Waals surface area (Å²) < 4.78 is 22.3. The maximum Gasteiger partial charge on any atom is 0.320 e. The van der Waals surface area contributed by atoms with E-state index < -0.39 is 5.54 Å². The summed E-state index contributed by atoms with van der Waals surface area (Å²) in [6.07, 6.45) is 12.7. The Morgan fingerprint density at radius 3 is 2.37 bits per heavy atom. The van der Waals surface area contributed by atoms with Gasteiger partial charge in [-0.25, -0.2) is 24.7 Å². The van der Waals surface area contributed by atoms with E-state index in [1.807, 2.05) is 40.7 Å². The van der Waals surface area contributed by atoms with Crippen LogP contribution in [0.1, 0.15) is 61.1 Å². The zero-order valence-electron chi connectivity index (χ0n) is 34.5. The van der Waals surface area contributed by atoms with Crippen LogP contribution in [-0.4, -0.2) is 151 Å². The molecule has 2 fully saturated rings. The van der Waals surface area contributed by atoms with Gasteiger partial charge >= 0.3 is 6.03 Å². The minimum atomic E-state index is -0.858. The molecule has 3 amide bonds. The van der Waals surface area contributed by atoms with E-state index in [-0.39, 0.29) is 23.8 Å². The maximum atomic E-state index is 13.4. The molecule has 318 valence electrons. The van der Waals surface area contributed by atoms with Gasteiger partial charge in [0.05, 0.1) is 69.1 Å². The summed E-state index contributed by atoms with van der Waals surface area (Å²) in [5.74, 6) is 3.60. The topological polar surface area (TPSA) is 188 Å². The quantitative estimate of drug-likeness (QED) is 0.109. The van der Waals surface area contributed by atoms with Crippen LogP contribution in [0.5, 0.6) is 0 Å². The molecule has 0 bridgehead atoms. The Hall–Kier alpha value is -5.72. The number of rotatable bonds is 23. The first-order chi connectivity index (χ1) is 29.2. The van der Waals surface area contributed by atoms with Crippen LogP contribution in [0.25, 0.3) is 11.3 Å². The third kappa shape index (κ3) is 11.1. The molecule has 2 saturated heterocycles. The van der Waals surface area contributed by atoms with Gasteiger partial charge in [0.25, 0.3) is 0 Å². The SMILES string of the molecule is C#CCCCC(=O)NCCOCCOCCOCCOCCCN1C[C@@H]2CN(c3ncc(-c4ccc5c(n4)N(Cc4cccnc4C#N)C(C)(C)C5=O)cn3)CCN2C1=O. The number of nitrogens with zero attached hydrogens (tertiary/aromatic N) is 9. The first kappa shape index (κ1) is 43.8. The number of aromatic nitrogens is 4. The fraction of sp³-hybridized carbons (Fsp3) is 0.535. The molecule has 6 heterocycles. The average molecular weight is 823 g/mol. The number of urea groups is 1. The Bertz CT molecular complexity index is 2020. The van der Waals surface area contributed by atoms with Crippen LogP contribution < -0.4 is 15.1 Å². The molecule has 0 aromatic carbocycles. The fourth-order valence-corrected chi connectivity index (χ4v) is 7.40. The van der Waals surface area contributed by atoms with E-state index in [1.54, 1.807) is 30.7 Å². The monoisotopic (exact) mass is 822 g/mol. The van der Waals surface area contributed by atoms with Crippen LogP contribution in [0.3, 0.4) is 0 Å². The van der Waals surface area contributed by atoms with Crippen LogP contribution in [0.15, 0.2) is 42.9 Å². The Balaban J connectivity index is 0.862. The maximum absolute atomic E-state index is 13.4. The van der Waals surface area contributed by atoms with Gasteiger partial charge < -0.3 is 43.9 Å². The predicted octanol–water partition coefficient (Wildman–Crippen LogP) is 3.09. The molecule has 6 rings (SSSR count). The summed E-state index contributed by atoms with van der Waals surface area (Å²) >= 11 is 0. The number of anilines is 2. The van der Waals surface area contributed by atoms with E-state index in [0.29, 0.717) is 152 Å². The van der Waals surface area contributed by atoms with Gasteiger partial charge in [0.15, 0.2) is 5.78 Å². The molecule has 3 aromatic rings. The highest BCUT2D eigenvalue weighted by molar-refractivity contribution is 6.12. The number of pyridine rings is 2. The zero-order chi connectivity index (χ0) is 42.3. The number of ketones is 1. The lowest BCUT2D eigenvalue weighted by Gasteiger charge is -2.36. The second-order valence-corrected chi connectivity index (χ2v) is 15.2. The number of carbonyl (C=O) groups excluding carboxylic acids is 3. The lowest BCUT2D eigenvalue weighted by Crippen LogP contribution is -2.52. The van der Waals surface area contributed by atoms with Crippen LogP contribution in [0, 0.1) is 23.7 Å². The molecule has 17 heteroatoms. The van der Waals surface area contributed by atoms with Crippen molar-refractivity contribution in [3.63, 3.8) is 0 Å². The number of hydrogen-bond acceptors (Lipinski definition) is 14. The number of nitriles is 1. The van der Waals surface area contributed by atoms with Crippen molar-refractivity contribution in [1.82, 2.24) is 35.1 Å².